The summed E-state index contributed by atoms with van der Waals surface area (Å²) in [5.74, 6) is 0. The molecular weight excluding hydrogens is 353 g/mol. The molecule has 0 unspecified atom stereocenters. The van der Waals surface area contributed by atoms with E-state index in [0.717, 1.165) is 0 Å². The fourth-order valence-corrected chi connectivity index (χ4v) is 2.09. The van der Waals surface area contributed by atoms with Gasteiger partial charge >= 0.3 is 12.1 Å². The summed E-state index contributed by atoms with van der Waals surface area (Å²) < 4.78 is 4.78. The minimum absolute atomic E-state index is 0.292. The molecule has 0 aliphatic rings. The van der Waals surface area contributed by atoms with Gasteiger partial charge in [-0.05, 0) is 49.4 Å². The van der Waals surface area contributed by atoms with E-state index in [4.69, 9.17) is 27.9 Å². The van der Waals surface area contributed by atoms with Crippen LogP contribution in [-0.4, -0.2) is 18.7 Å². The summed E-state index contributed by atoms with van der Waals surface area (Å²) in [7, 11) is 0. The predicted octanol–water partition coefficient (Wildman–Crippen LogP) is 5.21. The van der Waals surface area contributed by atoms with E-state index in [-0.39, 0.29) is 0 Å². The molecule has 3 amide bonds. The topological polar surface area (TPSA) is 79.5 Å². The van der Waals surface area contributed by atoms with Gasteiger partial charge in [0.25, 0.3) is 0 Å². The number of carbonyl (C=O) groups excluding carboxylic acids is 2. The van der Waals surface area contributed by atoms with Crippen molar-refractivity contribution in [2.24, 2.45) is 0 Å². The molecule has 0 heterocycles. The van der Waals surface area contributed by atoms with E-state index in [1.54, 1.807) is 49.4 Å². The van der Waals surface area contributed by atoms with Crippen LogP contribution < -0.4 is 16.0 Å². The summed E-state index contributed by atoms with van der Waals surface area (Å²) >= 11 is 11.7. The van der Waals surface area contributed by atoms with Crippen LogP contribution in [0.4, 0.5) is 26.7 Å². The lowest BCUT2D eigenvalue weighted by Gasteiger charge is -2.09. The molecule has 0 spiro atoms. The molecule has 2 aromatic carbocycles. The summed E-state index contributed by atoms with van der Waals surface area (Å²) in [6.45, 7) is 2.01. The van der Waals surface area contributed by atoms with Gasteiger partial charge in [0, 0.05) is 17.1 Å². The van der Waals surface area contributed by atoms with Crippen LogP contribution in [0, 0.1) is 0 Å². The quantitative estimate of drug-likeness (QED) is 0.693. The molecule has 2 aromatic rings. The van der Waals surface area contributed by atoms with Gasteiger partial charge in [-0.25, -0.2) is 9.59 Å². The van der Waals surface area contributed by atoms with Gasteiger partial charge in [0.2, 0.25) is 0 Å². The Bertz CT molecular complexity index is 736. The summed E-state index contributed by atoms with van der Waals surface area (Å²) in [5, 5.41) is 8.62. The summed E-state index contributed by atoms with van der Waals surface area (Å²) in [4.78, 5) is 23.2. The number of amides is 3. The summed E-state index contributed by atoms with van der Waals surface area (Å²) in [6.07, 6.45) is -0.532. The minimum Gasteiger partial charge on any atom is -0.450 e. The minimum atomic E-state index is -0.532. The van der Waals surface area contributed by atoms with Gasteiger partial charge in [0.15, 0.2) is 0 Å². The number of hydrogen-bond acceptors (Lipinski definition) is 3. The van der Waals surface area contributed by atoms with Gasteiger partial charge in [0.05, 0.1) is 16.7 Å². The SMILES string of the molecule is CCOC(=O)Nc1ccc(NC(=O)Nc2ccc(Cl)c(Cl)c2)cc1. The highest BCUT2D eigenvalue weighted by molar-refractivity contribution is 6.42. The maximum atomic E-state index is 11.9. The lowest BCUT2D eigenvalue weighted by molar-refractivity contribution is 0.168. The van der Waals surface area contributed by atoms with Crippen molar-refractivity contribution < 1.29 is 14.3 Å². The molecule has 2 rings (SSSR count). The second kappa shape index (κ2) is 8.42. The van der Waals surface area contributed by atoms with Crippen LogP contribution in [0.5, 0.6) is 0 Å². The highest BCUT2D eigenvalue weighted by atomic mass is 35.5. The zero-order chi connectivity index (χ0) is 17.5. The van der Waals surface area contributed by atoms with Crippen LogP contribution in [0.1, 0.15) is 6.92 Å². The Kier molecular flexibility index (Phi) is 6.28. The second-order valence-electron chi connectivity index (χ2n) is 4.63. The second-order valence-corrected chi connectivity index (χ2v) is 5.45. The van der Waals surface area contributed by atoms with Crippen molar-refractivity contribution in [1.29, 1.82) is 0 Å². The number of rotatable bonds is 4. The molecule has 3 N–H and O–H groups in total. The molecule has 0 aromatic heterocycles. The Morgan fingerprint density at radius 3 is 2.00 bits per heavy atom. The summed E-state index contributed by atoms with van der Waals surface area (Å²) in [5.41, 5.74) is 1.63. The monoisotopic (exact) mass is 367 g/mol. The number of urea groups is 1. The third-order valence-electron chi connectivity index (χ3n) is 2.84. The number of halogens is 2. The number of carbonyl (C=O) groups is 2. The van der Waals surface area contributed by atoms with Crippen LogP contribution in [-0.2, 0) is 4.74 Å². The average molecular weight is 368 g/mol. The van der Waals surface area contributed by atoms with Crippen molar-refractivity contribution in [3.8, 4) is 0 Å². The van der Waals surface area contributed by atoms with Crippen molar-refractivity contribution in [2.45, 2.75) is 6.92 Å². The first-order valence-corrected chi connectivity index (χ1v) is 7.80. The largest absolute Gasteiger partial charge is 0.450 e. The number of nitrogens with one attached hydrogen (secondary N) is 3. The van der Waals surface area contributed by atoms with Crippen LogP contribution in [0.3, 0.4) is 0 Å². The molecule has 126 valence electrons. The highest BCUT2D eigenvalue weighted by Crippen LogP contribution is 2.25. The van der Waals surface area contributed by atoms with Crippen LogP contribution in [0.15, 0.2) is 42.5 Å². The van der Waals surface area contributed by atoms with E-state index < -0.39 is 12.1 Å². The maximum absolute atomic E-state index is 11.9. The molecule has 0 bridgehead atoms. The zero-order valence-corrected chi connectivity index (χ0v) is 14.2. The number of ether oxygens (including phenoxy) is 1. The smallest absolute Gasteiger partial charge is 0.411 e. The van der Waals surface area contributed by atoms with Crippen molar-refractivity contribution in [3.05, 3.63) is 52.5 Å². The Labute approximate surface area is 149 Å². The van der Waals surface area contributed by atoms with Crippen molar-refractivity contribution in [3.63, 3.8) is 0 Å². The Hall–Kier alpha value is -2.44. The molecule has 0 atom stereocenters. The van der Waals surface area contributed by atoms with Gasteiger partial charge in [-0.15, -0.1) is 0 Å². The van der Waals surface area contributed by atoms with E-state index >= 15 is 0 Å². The van der Waals surface area contributed by atoms with Crippen LogP contribution in [0.25, 0.3) is 0 Å². The molecular formula is C16H15Cl2N3O3. The molecule has 0 radical (unpaired) electrons. The molecule has 0 aliphatic carbocycles. The van der Waals surface area contributed by atoms with Crippen molar-refractivity contribution in [1.82, 2.24) is 0 Å². The van der Waals surface area contributed by atoms with Crippen molar-refractivity contribution in [2.75, 3.05) is 22.6 Å². The molecule has 0 saturated heterocycles. The first-order chi connectivity index (χ1) is 11.5. The number of benzene rings is 2. The van der Waals surface area contributed by atoms with E-state index in [9.17, 15) is 9.59 Å². The van der Waals surface area contributed by atoms with E-state index in [1.165, 1.54) is 0 Å². The Balaban J connectivity index is 1.91. The predicted molar refractivity (Wildman–Crippen MR) is 96.2 cm³/mol. The van der Waals surface area contributed by atoms with E-state index in [1.807, 2.05) is 0 Å². The molecule has 0 fully saturated rings. The lowest BCUT2D eigenvalue weighted by atomic mass is 10.3. The van der Waals surface area contributed by atoms with Gasteiger partial charge in [-0.2, -0.15) is 0 Å². The van der Waals surface area contributed by atoms with Gasteiger partial charge in [0.1, 0.15) is 0 Å². The van der Waals surface area contributed by atoms with Gasteiger partial charge in [-0.3, -0.25) is 5.32 Å². The molecule has 8 heteroatoms. The summed E-state index contributed by atoms with van der Waals surface area (Å²) in [6, 6.07) is 10.9. The lowest BCUT2D eigenvalue weighted by Crippen LogP contribution is -2.19. The molecule has 24 heavy (non-hydrogen) atoms. The first-order valence-electron chi connectivity index (χ1n) is 7.05. The molecule has 6 nitrogen and oxygen atoms in total. The van der Waals surface area contributed by atoms with Gasteiger partial charge < -0.3 is 15.4 Å². The first kappa shape index (κ1) is 17.9. The standard InChI is InChI=1S/C16H15Cl2N3O3/c1-2-24-16(23)21-11-5-3-10(4-6-11)19-15(22)20-12-7-8-13(17)14(18)9-12/h3-9H,2H2,1H3,(H,21,23)(H2,19,20,22). The highest BCUT2D eigenvalue weighted by Gasteiger charge is 2.06. The number of anilines is 3. The van der Waals surface area contributed by atoms with Crippen LogP contribution >= 0.6 is 23.2 Å². The van der Waals surface area contributed by atoms with Crippen molar-refractivity contribution >= 4 is 52.4 Å². The fraction of sp³-hybridized carbons (Fsp3) is 0.125. The van der Waals surface area contributed by atoms with E-state index in [0.29, 0.717) is 33.7 Å². The average Bonchev–Trinajstić information content (AvgIpc) is 2.53. The zero-order valence-electron chi connectivity index (χ0n) is 12.7. The van der Waals surface area contributed by atoms with Crippen LogP contribution in [0.2, 0.25) is 10.0 Å². The fourth-order valence-electron chi connectivity index (χ4n) is 1.79. The third kappa shape index (κ3) is 5.33. The van der Waals surface area contributed by atoms with E-state index in [2.05, 4.69) is 16.0 Å². The van der Waals surface area contributed by atoms with Gasteiger partial charge in [-0.1, -0.05) is 23.2 Å². The molecule has 0 saturated carbocycles. The molecule has 0 aliphatic heterocycles. The Morgan fingerprint density at radius 2 is 1.42 bits per heavy atom. The third-order valence-corrected chi connectivity index (χ3v) is 3.58. The maximum Gasteiger partial charge on any atom is 0.411 e. The normalized spacial score (nSPS) is 9.96. The Morgan fingerprint density at radius 1 is 0.875 bits per heavy atom. The number of hydrogen-bond donors (Lipinski definition) is 3.